The lowest BCUT2D eigenvalue weighted by Crippen LogP contribution is -2.25. The minimum atomic E-state index is -0.210. The van der Waals surface area contributed by atoms with Gasteiger partial charge >= 0.3 is 5.91 Å². The highest BCUT2D eigenvalue weighted by Crippen LogP contribution is 2.28. The van der Waals surface area contributed by atoms with Crippen molar-refractivity contribution in [2.45, 2.75) is 59.3 Å². The zero-order valence-corrected chi connectivity index (χ0v) is 19.2. The van der Waals surface area contributed by atoms with Crippen LogP contribution in [0.15, 0.2) is 12.4 Å². The SMILES string of the molecule is CC(=O)c1ncc(C(C)(C)C)s1.CON(C)C(=O)c1ncc(C(C)(C)C)s1. The number of carbonyl (C=O) groups excluding carboxylic acids is 2. The van der Waals surface area contributed by atoms with E-state index in [1.165, 1.54) is 34.8 Å². The summed E-state index contributed by atoms with van der Waals surface area (Å²) in [6.07, 6.45) is 3.54. The first-order valence-electron chi connectivity index (χ1n) is 8.53. The quantitative estimate of drug-likeness (QED) is 0.540. The first-order chi connectivity index (χ1) is 12.3. The maximum Gasteiger partial charge on any atom is 0.306 e. The van der Waals surface area contributed by atoms with Gasteiger partial charge in [0.1, 0.15) is 0 Å². The molecule has 0 bridgehead atoms. The van der Waals surface area contributed by atoms with Gasteiger partial charge in [0, 0.05) is 36.1 Å². The average molecular weight is 412 g/mol. The minimum absolute atomic E-state index is 0.0296. The van der Waals surface area contributed by atoms with Gasteiger partial charge in [0.05, 0.1) is 7.11 Å². The molecule has 0 aliphatic carbocycles. The number of nitrogens with zero attached hydrogens (tertiary/aromatic N) is 3. The molecule has 2 aromatic heterocycles. The van der Waals surface area contributed by atoms with E-state index in [1.54, 1.807) is 26.4 Å². The Morgan fingerprint density at radius 1 is 0.926 bits per heavy atom. The second-order valence-electron chi connectivity index (χ2n) is 8.10. The molecule has 0 aromatic carbocycles. The van der Waals surface area contributed by atoms with Crippen LogP contribution < -0.4 is 0 Å². The van der Waals surface area contributed by atoms with Crippen LogP contribution in [0.1, 0.15) is 77.8 Å². The molecule has 2 aromatic rings. The van der Waals surface area contributed by atoms with Gasteiger partial charge in [-0.05, 0) is 10.8 Å². The number of hydroxylamine groups is 2. The topological polar surface area (TPSA) is 72.4 Å². The van der Waals surface area contributed by atoms with E-state index in [-0.39, 0.29) is 22.5 Å². The van der Waals surface area contributed by atoms with E-state index in [0.29, 0.717) is 10.0 Å². The van der Waals surface area contributed by atoms with Crippen LogP contribution in [0, 0.1) is 0 Å². The molecule has 27 heavy (non-hydrogen) atoms. The Balaban J connectivity index is 0.000000277. The summed E-state index contributed by atoms with van der Waals surface area (Å²) >= 11 is 2.90. The molecule has 150 valence electrons. The summed E-state index contributed by atoms with van der Waals surface area (Å²) < 4.78 is 0. The molecule has 0 radical (unpaired) electrons. The first kappa shape index (κ1) is 23.4. The number of hydrogen-bond acceptors (Lipinski definition) is 7. The van der Waals surface area contributed by atoms with E-state index in [2.05, 4.69) is 51.5 Å². The lowest BCUT2D eigenvalue weighted by atomic mass is 9.96. The van der Waals surface area contributed by atoms with E-state index < -0.39 is 0 Å². The molecule has 0 saturated heterocycles. The monoisotopic (exact) mass is 411 g/mol. The Morgan fingerprint density at radius 2 is 1.33 bits per heavy atom. The molecule has 0 fully saturated rings. The molecular weight excluding hydrogens is 382 g/mol. The van der Waals surface area contributed by atoms with Crippen molar-refractivity contribution in [3.05, 3.63) is 32.2 Å². The largest absolute Gasteiger partial charge is 0.306 e. The summed E-state index contributed by atoms with van der Waals surface area (Å²) in [4.78, 5) is 37.8. The lowest BCUT2D eigenvalue weighted by molar-refractivity contribution is -0.0757. The molecule has 0 atom stereocenters. The maximum atomic E-state index is 11.7. The number of rotatable bonds is 3. The third-order valence-corrected chi connectivity index (χ3v) is 6.47. The molecule has 0 aliphatic rings. The van der Waals surface area contributed by atoms with Gasteiger partial charge in [-0.25, -0.2) is 15.0 Å². The number of aromatic nitrogens is 2. The number of ketones is 1. The van der Waals surface area contributed by atoms with Crippen LogP contribution in [0.25, 0.3) is 0 Å². The maximum absolute atomic E-state index is 11.7. The van der Waals surface area contributed by atoms with Crippen molar-refractivity contribution < 1.29 is 14.4 Å². The minimum Gasteiger partial charge on any atom is -0.292 e. The van der Waals surface area contributed by atoms with Crippen molar-refractivity contribution in [2.24, 2.45) is 0 Å². The second kappa shape index (κ2) is 9.03. The Kier molecular flexibility index (Phi) is 7.83. The molecule has 1 amide bonds. The summed E-state index contributed by atoms with van der Waals surface area (Å²) in [6.45, 7) is 14.2. The Hall–Kier alpha value is -1.64. The van der Waals surface area contributed by atoms with Crippen molar-refractivity contribution in [2.75, 3.05) is 14.2 Å². The summed E-state index contributed by atoms with van der Waals surface area (Å²) in [7, 11) is 3.02. The fourth-order valence-electron chi connectivity index (χ4n) is 1.72. The van der Waals surface area contributed by atoms with Gasteiger partial charge in [-0.2, -0.15) is 0 Å². The summed E-state index contributed by atoms with van der Waals surface area (Å²) in [5, 5.41) is 2.25. The molecule has 2 rings (SSSR count). The molecule has 6 nitrogen and oxygen atoms in total. The van der Waals surface area contributed by atoms with Crippen LogP contribution in [0.5, 0.6) is 0 Å². The van der Waals surface area contributed by atoms with Crippen LogP contribution in [0.3, 0.4) is 0 Å². The normalized spacial score (nSPS) is 11.6. The van der Waals surface area contributed by atoms with Crippen molar-refractivity contribution in [3.63, 3.8) is 0 Å². The van der Waals surface area contributed by atoms with E-state index in [4.69, 9.17) is 4.84 Å². The van der Waals surface area contributed by atoms with Gasteiger partial charge in [-0.15, -0.1) is 22.7 Å². The van der Waals surface area contributed by atoms with Gasteiger partial charge in [0.15, 0.2) is 15.8 Å². The van der Waals surface area contributed by atoms with E-state index in [1.807, 2.05) is 0 Å². The Morgan fingerprint density at radius 3 is 1.63 bits per heavy atom. The molecule has 0 saturated carbocycles. The average Bonchev–Trinajstić information content (AvgIpc) is 3.21. The smallest absolute Gasteiger partial charge is 0.292 e. The fraction of sp³-hybridized carbons (Fsp3) is 0.579. The van der Waals surface area contributed by atoms with Crippen LogP contribution in [0.2, 0.25) is 0 Å². The third-order valence-electron chi connectivity index (χ3n) is 3.53. The zero-order chi connectivity index (χ0) is 21.0. The highest BCUT2D eigenvalue weighted by atomic mass is 32.1. The van der Waals surface area contributed by atoms with Crippen molar-refractivity contribution in [1.29, 1.82) is 0 Å². The fourth-order valence-corrected chi connectivity index (χ4v) is 3.53. The number of Topliss-reactive ketones (excluding diaryl/α,β-unsaturated/α-hetero) is 1. The molecule has 2 heterocycles. The molecule has 0 aliphatic heterocycles. The number of carbonyl (C=O) groups is 2. The van der Waals surface area contributed by atoms with Gasteiger partial charge in [0.25, 0.3) is 0 Å². The molecular formula is C19H29N3O3S2. The molecule has 8 heteroatoms. The third kappa shape index (κ3) is 6.79. The van der Waals surface area contributed by atoms with Gasteiger partial charge in [-0.3, -0.25) is 14.4 Å². The molecule has 0 spiro atoms. The Labute approximate surface area is 169 Å². The van der Waals surface area contributed by atoms with E-state index >= 15 is 0 Å². The Bertz CT molecular complexity index is 783. The van der Waals surface area contributed by atoms with Crippen LogP contribution >= 0.6 is 22.7 Å². The molecule has 0 N–H and O–H groups in total. The number of hydrogen-bond donors (Lipinski definition) is 0. The highest BCUT2D eigenvalue weighted by molar-refractivity contribution is 7.14. The van der Waals surface area contributed by atoms with Crippen molar-refractivity contribution in [1.82, 2.24) is 15.0 Å². The lowest BCUT2D eigenvalue weighted by Gasteiger charge is -2.14. The number of amides is 1. The predicted octanol–water partition coefficient (Wildman–Crippen LogP) is 4.72. The van der Waals surface area contributed by atoms with Crippen LogP contribution in [-0.4, -0.2) is 40.9 Å². The summed E-state index contributed by atoms with van der Waals surface area (Å²) in [5.41, 5.74) is 0.132. The predicted molar refractivity (Wildman–Crippen MR) is 111 cm³/mol. The molecule has 0 unspecified atom stereocenters. The van der Waals surface area contributed by atoms with Gasteiger partial charge in [-0.1, -0.05) is 41.5 Å². The zero-order valence-electron chi connectivity index (χ0n) is 17.5. The van der Waals surface area contributed by atoms with Crippen LogP contribution in [-0.2, 0) is 15.7 Å². The summed E-state index contributed by atoms with van der Waals surface area (Å²) in [6, 6.07) is 0. The first-order valence-corrected chi connectivity index (χ1v) is 10.2. The van der Waals surface area contributed by atoms with Crippen molar-refractivity contribution >= 4 is 34.4 Å². The van der Waals surface area contributed by atoms with Crippen molar-refractivity contribution in [3.8, 4) is 0 Å². The standard InChI is InChI=1S/C10H16N2O2S.C9H13NOS/c1-10(2,3)7-6-11-8(15-7)9(13)12(4)14-5;1-6(11)8-10-5-7(12-8)9(2,3)4/h6H,1-5H3;5H,1-4H3. The van der Waals surface area contributed by atoms with E-state index in [0.717, 1.165) is 9.75 Å². The van der Waals surface area contributed by atoms with Crippen LogP contribution in [0.4, 0.5) is 0 Å². The second-order valence-corrected chi connectivity index (χ2v) is 10.2. The van der Waals surface area contributed by atoms with E-state index in [9.17, 15) is 9.59 Å². The van der Waals surface area contributed by atoms with Gasteiger partial charge < -0.3 is 0 Å². The van der Waals surface area contributed by atoms with Gasteiger partial charge in [0.2, 0.25) is 0 Å². The summed E-state index contributed by atoms with van der Waals surface area (Å²) in [5.74, 6) is -0.159. The highest BCUT2D eigenvalue weighted by Gasteiger charge is 2.21. The number of thiazole rings is 2.